The minimum atomic E-state index is -0.211. The Bertz CT molecular complexity index is 663. The van der Waals surface area contributed by atoms with E-state index in [2.05, 4.69) is 74.7 Å². The summed E-state index contributed by atoms with van der Waals surface area (Å²) in [4.78, 5) is 15.2. The minimum absolute atomic E-state index is 0.0795. The minimum Gasteiger partial charge on any atom is -0.326 e. The number of hydrogen-bond donors (Lipinski definition) is 0. The molecule has 1 saturated heterocycles. The lowest BCUT2D eigenvalue weighted by molar-refractivity contribution is -0.131. The van der Waals surface area contributed by atoms with Crippen LogP contribution >= 0.6 is 0 Å². The molecule has 0 spiro atoms. The van der Waals surface area contributed by atoms with Crippen molar-refractivity contribution in [2.75, 3.05) is 0 Å². The predicted molar refractivity (Wildman–Crippen MR) is 94.8 cm³/mol. The fourth-order valence-corrected chi connectivity index (χ4v) is 3.75. The second-order valence-corrected chi connectivity index (χ2v) is 7.42. The first kappa shape index (κ1) is 15.8. The highest BCUT2D eigenvalue weighted by molar-refractivity contribution is 5.98. The fourth-order valence-electron chi connectivity index (χ4n) is 3.75. The molecule has 1 aliphatic carbocycles. The second-order valence-electron chi connectivity index (χ2n) is 7.42. The fraction of sp³-hybridized carbons (Fsp3) is 0.381. The van der Waals surface area contributed by atoms with Crippen molar-refractivity contribution < 1.29 is 4.79 Å². The summed E-state index contributed by atoms with van der Waals surface area (Å²) < 4.78 is 0. The van der Waals surface area contributed by atoms with Crippen LogP contribution < -0.4 is 0 Å². The summed E-state index contributed by atoms with van der Waals surface area (Å²) in [5, 5.41) is 0. The van der Waals surface area contributed by atoms with E-state index in [1.165, 1.54) is 5.56 Å². The van der Waals surface area contributed by atoms with E-state index in [0.717, 1.165) is 12.0 Å². The molecule has 23 heavy (non-hydrogen) atoms. The van der Waals surface area contributed by atoms with Crippen molar-refractivity contribution in [2.24, 2.45) is 11.8 Å². The van der Waals surface area contributed by atoms with Crippen LogP contribution in [-0.4, -0.2) is 16.3 Å². The molecule has 0 unspecified atom stereocenters. The standard InChI is InChI=1S/C21H25NO/c1-5-9-15-12-13-17-18(14-15)20(23)22(21(2,3)4)19(17)16-10-7-6-8-11-16/h5-8,10-15,17,19H,1,9H2,2-4H3/t15-,17-,19+/m1/s1. The summed E-state index contributed by atoms with van der Waals surface area (Å²) in [6.07, 6.45) is 9.40. The molecule has 0 bridgehead atoms. The molecular weight excluding hydrogens is 282 g/mol. The van der Waals surface area contributed by atoms with Crippen LogP contribution in [0.15, 0.2) is 66.8 Å². The Morgan fingerprint density at radius 3 is 2.48 bits per heavy atom. The number of rotatable bonds is 3. The number of nitrogens with zero attached hydrogens (tertiary/aromatic N) is 1. The van der Waals surface area contributed by atoms with Crippen LogP contribution in [0.1, 0.15) is 38.8 Å². The van der Waals surface area contributed by atoms with E-state index in [1.807, 2.05) is 12.1 Å². The molecule has 2 aliphatic rings. The summed E-state index contributed by atoms with van der Waals surface area (Å²) in [5.41, 5.74) is 1.94. The Balaban J connectivity index is 2.07. The van der Waals surface area contributed by atoms with Gasteiger partial charge in [-0.2, -0.15) is 0 Å². The molecule has 0 radical (unpaired) electrons. The number of carbonyl (C=O) groups excluding carboxylic acids is 1. The molecule has 3 atom stereocenters. The summed E-state index contributed by atoms with van der Waals surface area (Å²) >= 11 is 0. The first-order valence-electron chi connectivity index (χ1n) is 8.33. The summed E-state index contributed by atoms with van der Waals surface area (Å²) in [7, 11) is 0. The van der Waals surface area contributed by atoms with Crippen LogP contribution in [0.4, 0.5) is 0 Å². The molecule has 120 valence electrons. The maximum Gasteiger partial charge on any atom is 0.251 e. The largest absolute Gasteiger partial charge is 0.326 e. The number of carbonyl (C=O) groups is 1. The molecule has 1 amide bonds. The lowest BCUT2D eigenvalue weighted by atomic mass is 9.83. The number of likely N-dealkylation sites (tertiary alicyclic amines) is 1. The molecule has 1 aromatic carbocycles. The van der Waals surface area contributed by atoms with Crippen molar-refractivity contribution in [3.05, 3.63) is 72.4 Å². The van der Waals surface area contributed by atoms with Gasteiger partial charge in [0.15, 0.2) is 0 Å². The van der Waals surface area contributed by atoms with Gasteiger partial charge in [0.1, 0.15) is 0 Å². The topological polar surface area (TPSA) is 20.3 Å². The van der Waals surface area contributed by atoms with Gasteiger partial charge in [0.25, 0.3) is 5.91 Å². The highest BCUT2D eigenvalue weighted by atomic mass is 16.2. The molecule has 1 aliphatic heterocycles. The molecule has 2 nitrogen and oxygen atoms in total. The van der Waals surface area contributed by atoms with Gasteiger partial charge in [0, 0.05) is 17.0 Å². The average Bonchev–Trinajstić information content (AvgIpc) is 2.81. The second kappa shape index (κ2) is 5.84. The van der Waals surface area contributed by atoms with Gasteiger partial charge in [-0.3, -0.25) is 4.79 Å². The third-order valence-electron chi connectivity index (χ3n) is 4.71. The van der Waals surface area contributed by atoms with Crippen LogP contribution in [0.3, 0.4) is 0 Å². The predicted octanol–water partition coefficient (Wildman–Crippen LogP) is 4.67. The molecule has 3 rings (SSSR count). The number of benzene rings is 1. The maximum atomic E-state index is 13.1. The van der Waals surface area contributed by atoms with E-state index in [0.29, 0.717) is 5.92 Å². The first-order chi connectivity index (χ1) is 10.9. The first-order valence-corrected chi connectivity index (χ1v) is 8.33. The van der Waals surface area contributed by atoms with Gasteiger partial charge in [-0.1, -0.05) is 54.6 Å². The van der Waals surface area contributed by atoms with Crippen LogP contribution in [0.2, 0.25) is 0 Å². The third-order valence-corrected chi connectivity index (χ3v) is 4.71. The van der Waals surface area contributed by atoms with Crippen molar-refractivity contribution in [1.29, 1.82) is 0 Å². The lowest BCUT2D eigenvalue weighted by Gasteiger charge is -2.38. The van der Waals surface area contributed by atoms with Crippen LogP contribution in [0, 0.1) is 11.8 Å². The van der Waals surface area contributed by atoms with Crippen molar-refractivity contribution in [2.45, 2.75) is 38.8 Å². The Labute approximate surface area is 139 Å². The normalized spacial score (nSPS) is 26.9. The van der Waals surface area contributed by atoms with Crippen molar-refractivity contribution in [3.8, 4) is 0 Å². The van der Waals surface area contributed by atoms with Gasteiger partial charge in [0.05, 0.1) is 6.04 Å². The van der Waals surface area contributed by atoms with Crippen molar-refractivity contribution >= 4 is 5.91 Å². The molecular formula is C21H25NO. The van der Waals surface area contributed by atoms with Crippen molar-refractivity contribution in [3.63, 3.8) is 0 Å². The summed E-state index contributed by atoms with van der Waals surface area (Å²) in [5.74, 6) is 0.610. The lowest BCUT2D eigenvalue weighted by Crippen LogP contribution is -2.44. The Morgan fingerprint density at radius 2 is 1.87 bits per heavy atom. The molecule has 1 aromatic rings. The van der Waals surface area contributed by atoms with Gasteiger partial charge >= 0.3 is 0 Å². The molecule has 0 aromatic heterocycles. The monoisotopic (exact) mass is 307 g/mol. The zero-order valence-electron chi connectivity index (χ0n) is 14.2. The number of fused-ring (bicyclic) bond motifs is 1. The third kappa shape index (κ3) is 2.78. The summed E-state index contributed by atoms with van der Waals surface area (Å²) in [6, 6.07) is 10.5. The Morgan fingerprint density at radius 1 is 1.17 bits per heavy atom. The molecule has 1 fully saturated rings. The van der Waals surface area contributed by atoms with E-state index < -0.39 is 0 Å². The van der Waals surface area contributed by atoms with E-state index in [1.54, 1.807) is 0 Å². The molecule has 1 heterocycles. The van der Waals surface area contributed by atoms with Gasteiger partial charge in [-0.05, 0) is 38.7 Å². The number of allylic oxidation sites excluding steroid dienone is 3. The van der Waals surface area contributed by atoms with E-state index in [9.17, 15) is 4.79 Å². The van der Waals surface area contributed by atoms with E-state index in [4.69, 9.17) is 0 Å². The molecule has 2 heteroatoms. The Kier molecular flexibility index (Phi) is 4.01. The van der Waals surface area contributed by atoms with Gasteiger partial charge < -0.3 is 4.90 Å². The van der Waals surface area contributed by atoms with Gasteiger partial charge in [-0.15, -0.1) is 6.58 Å². The number of amides is 1. The van der Waals surface area contributed by atoms with Crippen LogP contribution in [-0.2, 0) is 4.79 Å². The van der Waals surface area contributed by atoms with Gasteiger partial charge in [0.2, 0.25) is 0 Å². The molecule has 0 N–H and O–H groups in total. The summed E-state index contributed by atoms with van der Waals surface area (Å²) in [6.45, 7) is 10.2. The average molecular weight is 307 g/mol. The smallest absolute Gasteiger partial charge is 0.251 e. The molecule has 0 saturated carbocycles. The zero-order valence-corrected chi connectivity index (χ0v) is 14.2. The van der Waals surface area contributed by atoms with E-state index >= 15 is 0 Å². The quantitative estimate of drug-likeness (QED) is 0.743. The Hall–Kier alpha value is -2.09. The zero-order chi connectivity index (χ0) is 16.6. The van der Waals surface area contributed by atoms with Crippen molar-refractivity contribution in [1.82, 2.24) is 4.90 Å². The maximum absolute atomic E-state index is 13.1. The van der Waals surface area contributed by atoms with Crippen LogP contribution in [0.5, 0.6) is 0 Å². The highest BCUT2D eigenvalue weighted by Crippen LogP contribution is 2.47. The van der Waals surface area contributed by atoms with E-state index in [-0.39, 0.29) is 23.4 Å². The van der Waals surface area contributed by atoms with Gasteiger partial charge in [-0.25, -0.2) is 0 Å². The highest BCUT2D eigenvalue weighted by Gasteiger charge is 2.48. The SMILES string of the molecule is C=CC[C@@H]1C=C[C@@H]2C(=C1)C(=O)N(C(C)(C)C)[C@H]2c1ccccc1. The number of hydrogen-bond acceptors (Lipinski definition) is 1. The van der Waals surface area contributed by atoms with Crippen LogP contribution in [0.25, 0.3) is 0 Å².